The number of hydrogen-bond donors (Lipinski definition) is 2. The molecule has 0 aliphatic carbocycles. The molecule has 1 aromatic rings. The van der Waals surface area contributed by atoms with E-state index in [1.54, 1.807) is 18.5 Å². The molecule has 1 heterocycles. The van der Waals surface area contributed by atoms with E-state index >= 15 is 0 Å². The monoisotopic (exact) mass is 266 g/mol. The van der Waals surface area contributed by atoms with Crippen LogP contribution in [0.25, 0.3) is 0 Å². The number of aromatic nitrogens is 1. The summed E-state index contributed by atoms with van der Waals surface area (Å²) in [7, 11) is 0. The molecule has 2 N–H and O–H groups in total. The average Bonchev–Trinajstić information content (AvgIpc) is 2.34. The number of nitrogens with zero attached hydrogens (tertiary/aromatic N) is 2. The van der Waals surface area contributed by atoms with E-state index in [1.807, 2.05) is 13.0 Å². The van der Waals surface area contributed by atoms with Gasteiger partial charge in [-0.2, -0.15) is 0 Å². The fraction of sp³-hybridized carbons (Fsp3) is 0.250. The minimum Gasteiger partial charge on any atom is -0.358 e. The molecule has 0 aliphatic rings. The van der Waals surface area contributed by atoms with Crippen LogP contribution in [0.3, 0.4) is 0 Å². The fourth-order valence-electron chi connectivity index (χ4n) is 1.42. The Kier molecular flexibility index (Phi) is 5.32. The summed E-state index contributed by atoms with van der Waals surface area (Å²) in [6, 6.07) is 3.60. The molecule has 0 fully saturated rings. The number of pyridine rings is 1. The van der Waals surface area contributed by atoms with E-state index in [0.29, 0.717) is 12.2 Å². The fourth-order valence-corrected chi connectivity index (χ4v) is 1.58. The molecule has 0 saturated carbocycles. The number of amides is 1. The molecule has 0 aliphatic heterocycles. The molecule has 6 heteroatoms. The zero-order valence-electron chi connectivity index (χ0n) is 10.3. The average molecular weight is 267 g/mol. The summed E-state index contributed by atoms with van der Waals surface area (Å²) in [5.74, 6) is -0.165. The zero-order valence-corrected chi connectivity index (χ0v) is 11.0. The number of hydrogen-bond acceptors (Lipinski definition) is 4. The number of halogens is 1. The van der Waals surface area contributed by atoms with Crippen molar-refractivity contribution in [2.75, 3.05) is 11.9 Å². The molecule has 0 radical (unpaired) electrons. The van der Waals surface area contributed by atoms with E-state index in [0.717, 1.165) is 5.69 Å². The minimum atomic E-state index is -0.191. The summed E-state index contributed by atoms with van der Waals surface area (Å²) < 4.78 is 0. The highest BCUT2D eigenvalue weighted by Gasteiger charge is 2.15. The van der Waals surface area contributed by atoms with E-state index in [-0.39, 0.29) is 11.1 Å². The second-order valence-electron chi connectivity index (χ2n) is 3.49. The third-order valence-corrected chi connectivity index (χ3v) is 2.44. The van der Waals surface area contributed by atoms with Gasteiger partial charge in [-0.25, -0.2) is 0 Å². The van der Waals surface area contributed by atoms with Crippen LogP contribution < -0.4 is 5.32 Å². The Labute approximate surface area is 111 Å². The van der Waals surface area contributed by atoms with Crippen LogP contribution in [0, 0.1) is 5.41 Å². The Bertz CT molecular complexity index is 458. The maximum atomic E-state index is 11.4. The number of nitrogens with one attached hydrogen (secondary N) is 2. The summed E-state index contributed by atoms with van der Waals surface area (Å²) in [6.45, 7) is 3.70. The Morgan fingerprint density at radius 1 is 1.67 bits per heavy atom. The maximum absolute atomic E-state index is 11.4. The van der Waals surface area contributed by atoms with Crippen molar-refractivity contribution in [2.45, 2.75) is 13.8 Å². The summed E-state index contributed by atoms with van der Waals surface area (Å²) in [5.41, 5.74) is 1.09. The third-order valence-electron chi connectivity index (χ3n) is 2.25. The molecule has 0 bridgehead atoms. The number of allylic oxidation sites excluding steroid dienone is 1. The highest BCUT2D eigenvalue weighted by molar-refractivity contribution is 6.68. The molecule has 0 spiro atoms. The molecular weight excluding hydrogens is 252 g/mol. The minimum absolute atomic E-state index is 0.165. The predicted molar refractivity (Wildman–Crippen MR) is 72.6 cm³/mol. The van der Waals surface area contributed by atoms with Crippen molar-refractivity contribution < 1.29 is 4.79 Å². The van der Waals surface area contributed by atoms with Crippen LogP contribution >= 0.6 is 11.6 Å². The van der Waals surface area contributed by atoms with Gasteiger partial charge in [0.2, 0.25) is 5.91 Å². The molecule has 5 nitrogen and oxygen atoms in total. The van der Waals surface area contributed by atoms with Crippen molar-refractivity contribution in [3.05, 3.63) is 36.4 Å². The summed E-state index contributed by atoms with van der Waals surface area (Å²) in [6.07, 6.45) is 4.82. The van der Waals surface area contributed by atoms with Crippen LogP contribution in [0.2, 0.25) is 0 Å². The van der Waals surface area contributed by atoms with Gasteiger partial charge < -0.3 is 10.2 Å². The third kappa shape index (κ3) is 3.85. The first-order chi connectivity index (χ1) is 8.56. The van der Waals surface area contributed by atoms with Crippen molar-refractivity contribution in [1.82, 2.24) is 9.88 Å². The van der Waals surface area contributed by atoms with Gasteiger partial charge in [-0.1, -0.05) is 11.6 Å². The molecule has 1 rings (SSSR count). The zero-order chi connectivity index (χ0) is 13.5. The van der Waals surface area contributed by atoms with Crippen molar-refractivity contribution in [1.29, 1.82) is 5.41 Å². The first-order valence-corrected chi connectivity index (χ1v) is 5.83. The molecule has 0 saturated heterocycles. The first-order valence-electron chi connectivity index (χ1n) is 5.45. The second kappa shape index (κ2) is 6.76. The van der Waals surface area contributed by atoms with Crippen LogP contribution in [0.15, 0.2) is 36.4 Å². The van der Waals surface area contributed by atoms with Crippen LogP contribution in [0.1, 0.15) is 13.8 Å². The number of rotatable bonds is 5. The highest BCUT2D eigenvalue weighted by Crippen LogP contribution is 2.11. The van der Waals surface area contributed by atoms with Crippen molar-refractivity contribution in [2.24, 2.45) is 0 Å². The van der Waals surface area contributed by atoms with Gasteiger partial charge in [0.1, 0.15) is 5.17 Å². The number of carbonyl (C=O) groups is 1. The van der Waals surface area contributed by atoms with Gasteiger partial charge in [-0.15, -0.1) is 0 Å². The normalized spacial score (nSPS) is 10.9. The summed E-state index contributed by atoms with van der Waals surface area (Å²) in [4.78, 5) is 16.8. The van der Waals surface area contributed by atoms with Crippen LogP contribution in [0.5, 0.6) is 0 Å². The Balaban J connectivity index is 2.91. The van der Waals surface area contributed by atoms with Crippen LogP contribution in [-0.4, -0.2) is 27.5 Å². The Morgan fingerprint density at radius 3 is 2.83 bits per heavy atom. The number of carbonyl (C=O) groups excluding carboxylic acids is 1. The molecule has 1 amide bonds. The van der Waals surface area contributed by atoms with Gasteiger partial charge in [0, 0.05) is 25.9 Å². The lowest BCUT2D eigenvalue weighted by molar-refractivity contribution is -0.126. The van der Waals surface area contributed by atoms with E-state index in [4.69, 9.17) is 17.0 Å². The Morgan fingerprint density at radius 2 is 2.39 bits per heavy atom. The van der Waals surface area contributed by atoms with E-state index in [1.165, 1.54) is 18.0 Å². The van der Waals surface area contributed by atoms with Gasteiger partial charge in [0.15, 0.2) is 0 Å². The summed E-state index contributed by atoms with van der Waals surface area (Å²) >= 11 is 5.69. The second-order valence-corrected chi connectivity index (χ2v) is 3.87. The Hall–Kier alpha value is -1.88. The SMILES string of the molecule is CCN(C(C)=O)/C(=C/Nc1cccnc1)C(=N)Cl. The molecular formula is C12H15ClN4O. The van der Waals surface area contributed by atoms with Crippen molar-refractivity contribution >= 4 is 28.4 Å². The lowest BCUT2D eigenvalue weighted by Crippen LogP contribution is -2.30. The van der Waals surface area contributed by atoms with Crippen LogP contribution in [0.4, 0.5) is 5.69 Å². The van der Waals surface area contributed by atoms with Gasteiger partial charge in [0.25, 0.3) is 0 Å². The van der Waals surface area contributed by atoms with Gasteiger partial charge in [-0.3, -0.25) is 15.2 Å². The smallest absolute Gasteiger partial charge is 0.223 e. The molecule has 96 valence electrons. The van der Waals surface area contributed by atoms with Crippen molar-refractivity contribution in [3.8, 4) is 0 Å². The van der Waals surface area contributed by atoms with Gasteiger partial charge >= 0.3 is 0 Å². The largest absolute Gasteiger partial charge is 0.358 e. The van der Waals surface area contributed by atoms with E-state index in [9.17, 15) is 4.79 Å². The summed E-state index contributed by atoms with van der Waals surface area (Å²) in [5, 5.41) is 10.3. The van der Waals surface area contributed by atoms with Gasteiger partial charge in [-0.05, 0) is 19.1 Å². The lowest BCUT2D eigenvalue weighted by atomic mass is 10.3. The van der Waals surface area contributed by atoms with Crippen molar-refractivity contribution in [3.63, 3.8) is 0 Å². The van der Waals surface area contributed by atoms with Crippen LogP contribution in [-0.2, 0) is 4.79 Å². The van der Waals surface area contributed by atoms with E-state index in [2.05, 4.69) is 10.3 Å². The topological polar surface area (TPSA) is 69.1 Å². The molecule has 0 atom stereocenters. The molecule has 0 aromatic carbocycles. The van der Waals surface area contributed by atoms with Gasteiger partial charge in [0.05, 0.1) is 17.6 Å². The number of anilines is 1. The lowest BCUT2D eigenvalue weighted by Gasteiger charge is -2.21. The highest BCUT2D eigenvalue weighted by atomic mass is 35.5. The quantitative estimate of drug-likeness (QED) is 0.804. The van der Waals surface area contributed by atoms with E-state index < -0.39 is 0 Å². The standard InChI is InChI=1S/C12H15ClN4O/c1-3-17(9(2)18)11(12(13)14)8-16-10-5-4-6-15-7-10/h4-8,14,16H,3H2,1-2H3/b11-8+,14-12?. The predicted octanol–water partition coefficient (Wildman–Crippen LogP) is 2.42. The molecule has 0 unspecified atom stereocenters. The maximum Gasteiger partial charge on any atom is 0.223 e. The molecule has 18 heavy (non-hydrogen) atoms. The first kappa shape index (κ1) is 14.2. The molecule has 1 aromatic heterocycles.